The van der Waals surface area contributed by atoms with Gasteiger partial charge in [0.15, 0.2) is 0 Å². The Balaban J connectivity index is 1.98. The van der Waals surface area contributed by atoms with Gasteiger partial charge < -0.3 is 10.4 Å². The first kappa shape index (κ1) is 17.3. The van der Waals surface area contributed by atoms with Crippen molar-refractivity contribution in [1.29, 1.82) is 0 Å². The van der Waals surface area contributed by atoms with Gasteiger partial charge in [0.2, 0.25) is 0 Å². The third kappa shape index (κ3) is 3.34. The maximum atomic E-state index is 12.7. The van der Waals surface area contributed by atoms with Crippen LogP contribution in [0.5, 0.6) is 0 Å². The smallest absolute Gasteiger partial charge is 0.416 e. The van der Waals surface area contributed by atoms with E-state index < -0.39 is 17.8 Å². The van der Waals surface area contributed by atoms with Crippen molar-refractivity contribution in [3.05, 3.63) is 59.2 Å². The Morgan fingerprint density at radius 1 is 1.12 bits per heavy atom. The summed E-state index contributed by atoms with van der Waals surface area (Å²) < 4.78 is 38.1. The van der Waals surface area contributed by atoms with Crippen LogP contribution in [0.15, 0.2) is 42.5 Å². The number of rotatable bonds is 2. The van der Waals surface area contributed by atoms with Crippen LogP contribution in [0.2, 0.25) is 0 Å². The highest BCUT2D eigenvalue weighted by molar-refractivity contribution is 5.69. The lowest BCUT2D eigenvalue weighted by atomic mass is 9.85. The van der Waals surface area contributed by atoms with Gasteiger partial charge in [0.05, 0.1) is 11.6 Å². The van der Waals surface area contributed by atoms with E-state index in [-0.39, 0.29) is 11.5 Å². The van der Waals surface area contributed by atoms with Crippen LogP contribution in [-0.4, -0.2) is 11.2 Å². The van der Waals surface area contributed by atoms with Gasteiger partial charge in [-0.3, -0.25) is 0 Å². The molecule has 2 N–H and O–H groups in total. The maximum Gasteiger partial charge on any atom is 0.416 e. The highest BCUT2D eigenvalue weighted by Crippen LogP contribution is 2.46. The molecular weight excluding hydrogens is 331 g/mol. The van der Waals surface area contributed by atoms with Gasteiger partial charge in [-0.15, -0.1) is 0 Å². The number of hydrogen-bond acceptors (Lipinski definition) is 1. The highest BCUT2D eigenvalue weighted by Gasteiger charge is 2.40. The second-order valence-electron chi connectivity index (χ2n) is 7.04. The van der Waals surface area contributed by atoms with E-state index in [1.54, 1.807) is 0 Å². The second-order valence-corrected chi connectivity index (χ2v) is 7.04. The van der Waals surface area contributed by atoms with Crippen molar-refractivity contribution >= 4 is 6.09 Å². The standard InChI is InChI=1S/C19H18F3NO2/c1-18(2)10-13-4-3-12(9-15(13)16(18)23-17(24)25)11-5-7-14(8-6-11)19(20,21)22/h3-9,16,23H,10H2,1-2H3,(H,24,25). The largest absolute Gasteiger partial charge is 0.465 e. The molecule has 0 heterocycles. The molecule has 3 nitrogen and oxygen atoms in total. The van der Waals surface area contributed by atoms with Gasteiger partial charge in [0.1, 0.15) is 0 Å². The minimum Gasteiger partial charge on any atom is -0.465 e. The number of alkyl halides is 3. The minimum atomic E-state index is -4.36. The Bertz CT molecular complexity index is 810. The van der Waals surface area contributed by atoms with Crippen molar-refractivity contribution < 1.29 is 23.1 Å². The van der Waals surface area contributed by atoms with Gasteiger partial charge in [0.25, 0.3) is 0 Å². The van der Waals surface area contributed by atoms with Crippen LogP contribution >= 0.6 is 0 Å². The van der Waals surface area contributed by atoms with Crippen molar-refractivity contribution in [2.75, 3.05) is 0 Å². The van der Waals surface area contributed by atoms with E-state index in [2.05, 4.69) is 5.32 Å². The fourth-order valence-corrected chi connectivity index (χ4v) is 3.47. The zero-order chi connectivity index (χ0) is 18.4. The summed E-state index contributed by atoms with van der Waals surface area (Å²) in [6.45, 7) is 3.98. The fraction of sp³-hybridized carbons (Fsp3) is 0.316. The molecule has 1 amide bonds. The minimum absolute atomic E-state index is 0.264. The first-order chi connectivity index (χ1) is 11.6. The van der Waals surface area contributed by atoms with E-state index in [1.165, 1.54) is 12.1 Å². The summed E-state index contributed by atoms with van der Waals surface area (Å²) in [5.41, 5.74) is 2.41. The Morgan fingerprint density at radius 2 is 1.72 bits per heavy atom. The number of amides is 1. The van der Waals surface area contributed by atoms with E-state index in [0.717, 1.165) is 35.2 Å². The molecule has 6 heteroatoms. The van der Waals surface area contributed by atoms with Crippen LogP contribution in [0.4, 0.5) is 18.0 Å². The lowest BCUT2D eigenvalue weighted by molar-refractivity contribution is -0.137. The van der Waals surface area contributed by atoms with Gasteiger partial charge in [0, 0.05) is 0 Å². The van der Waals surface area contributed by atoms with Gasteiger partial charge in [-0.1, -0.05) is 38.1 Å². The number of carbonyl (C=O) groups is 1. The lowest BCUT2D eigenvalue weighted by Gasteiger charge is -2.27. The number of benzene rings is 2. The average Bonchev–Trinajstić information content (AvgIpc) is 2.76. The molecule has 0 fully saturated rings. The SMILES string of the molecule is CC1(C)Cc2ccc(-c3ccc(C(F)(F)F)cc3)cc2C1NC(=O)O. The van der Waals surface area contributed by atoms with E-state index in [4.69, 9.17) is 5.11 Å². The Labute approximate surface area is 143 Å². The van der Waals surface area contributed by atoms with Crippen molar-refractivity contribution in [3.8, 4) is 11.1 Å². The normalized spacial score (nSPS) is 18.7. The third-order valence-electron chi connectivity index (χ3n) is 4.70. The fourth-order valence-electron chi connectivity index (χ4n) is 3.47. The molecule has 0 aliphatic heterocycles. The zero-order valence-electron chi connectivity index (χ0n) is 13.8. The average molecular weight is 349 g/mol. The molecule has 1 unspecified atom stereocenters. The monoisotopic (exact) mass is 349 g/mol. The summed E-state index contributed by atoms with van der Waals surface area (Å²) in [7, 11) is 0. The van der Waals surface area contributed by atoms with Gasteiger partial charge in [-0.2, -0.15) is 13.2 Å². The predicted octanol–water partition coefficient (Wildman–Crippen LogP) is 5.26. The molecule has 3 rings (SSSR count). The summed E-state index contributed by atoms with van der Waals surface area (Å²) in [5.74, 6) is 0. The number of halogens is 3. The maximum absolute atomic E-state index is 12.7. The zero-order valence-corrected chi connectivity index (χ0v) is 13.8. The Kier molecular flexibility index (Phi) is 4.01. The van der Waals surface area contributed by atoms with Crippen molar-refractivity contribution in [3.63, 3.8) is 0 Å². The van der Waals surface area contributed by atoms with E-state index in [0.29, 0.717) is 5.56 Å². The van der Waals surface area contributed by atoms with Crippen LogP contribution in [0, 0.1) is 5.41 Å². The van der Waals surface area contributed by atoms with Crippen molar-refractivity contribution in [2.45, 2.75) is 32.5 Å². The van der Waals surface area contributed by atoms with Crippen LogP contribution in [0.25, 0.3) is 11.1 Å². The second kappa shape index (κ2) is 5.79. The van der Waals surface area contributed by atoms with Crippen molar-refractivity contribution in [2.24, 2.45) is 5.41 Å². The van der Waals surface area contributed by atoms with Crippen molar-refractivity contribution in [1.82, 2.24) is 5.32 Å². The van der Waals surface area contributed by atoms with E-state index >= 15 is 0 Å². The Morgan fingerprint density at radius 3 is 2.28 bits per heavy atom. The van der Waals surface area contributed by atoms with Crippen LogP contribution in [0.3, 0.4) is 0 Å². The highest BCUT2D eigenvalue weighted by atomic mass is 19.4. The molecule has 132 valence electrons. The number of fused-ring (bicyclic) bond motifs is 1. The Hall–Kier alpha value is -2.50. The molecule has 0 radical (unpaired) electrons. The molecule has 2 aromatic rings. The summed E-state index contributed by atoms with van der Waals surface area (Å²) in [4.78, 5) is 11.1. The molecule has 0 aromatic heterocycles. The van der Waals surface area contributed by atoms with E-state index in [1.807, 2.05) is 32.0 Å². The van der Waals surface area contributed by atoms with Crippen LogP contribution in [-0.2, 0) is 12.6 Å². The van der Waals surface area contributed by atoms with Crippen LogP contribution in [0.1, 0.15) is 36.6 Å². The summed E-state index contributed by atoms with van der Waals surface area (Å²) in [6.07, 6.45) is -4.72. The molecule has 0 bridgehead atoms. The van der Waals surface area contributed by atoms with Crippen LogP contribution < -0.4 is 5.32 Å². The summed E-state index contributed by atoms with van der Waals surface area (Å²) in [5, 5.41) is 11.7. The number of hydrogen-bond donors (Lipinski definition) is 2. The molecular formula is C19H18F3NO2. The topological polar surface area (TPSA) is 49.3 Å². The molecule has 0 saturated heterocycles. The van der Waals surface area contributed by atoms with Gasteiger partial charge in [-0.25, -0.2) is 4.79 Å². The first-order valence-corrected chi connectivity index (χ1v) is 7.88. The molecule has 25 heavy (non-hydrogen) atoms. The molecule has 1 aliphatic carbocycles. The van der Waals surface area contributed by atoms with E-state index in [9.17, 15) is 18.0 Å². The van der Waals surface area contributed by atoms with Gasteiger partial charge >= 0.3 is 12.3 Å². The van der Waals surface area contributed by atoms with Gasteiger partial charge in [-0.05, 0) is 52.3 Å². The third-order valence-corrected chi connectivity index (χ3v) is 4.70. The molecule has 0 spiro atoms. The number of carboxylic acid groups (broad SMARTS) is 1. The molecule has 0 saturated carbocycles. The molecule has 2 aromatic carbocycles. The molecule has 1 atom stereocenters. The summed E-state index contributed by atoms with van der Waals surface area (Å²) in [6, 6.07) is 10.3. The number of nitrogens with one attached hydrogen (secondary N) is 1. The summed E-state index contributed by atoms with van der Waals surface area (Å²) >= 11 is 0. The first-order valence-electron chi connectivity index (χ1n) is 7.88. The predicted molar refractivity (Wildman–Crippen MR) is 88.3 cm³/mol. The quantitative estimate of drug-likeness (QED) is 0.777. The molecule has 1 aliphatic rings. The lowest BCUT2D eigenvalue weighted by Crippen LogP contribution is -2.34.